The molecule has 37 heavy (non-hydrogen) atoms. The first-order valence-electron chi connectivity index (χ1n) is 11.8. The first-order valence-corrected chi connectivity index (χ1v) is 12.8. The highest BCUT2D eigenvalue weighted by atomic mass is 32.2. The van der Waals surface area contributed by atoms with Crippen molar-refractivity contribution in [3.63, 3.8) is 0 Å². The van der Waals surface area contributed by atoms with Gasteiger partial charge in [-0.25, -0.2) is 4.79 Å². The standard InChI is InChI=1S/C29H24N2O5S/c32-17-22-18-37-28-24(30-23(33)16-19-10-4-1-5-11-19)27(34)31(28)25(22)29(35)36-26(20-12-6-2-7-13-20)21-14-8-3-9-15-21/h1-15,17-18,24-26,28H,16H2,(H,30,33)/t24-,25?,28+/m1/s1. The minimum Gasteiger partial charge on any atom is -0.451 e. The van der Waals surface area contributed by atoms with Crippen molar-refractivity contribution < 1.29 is 23.9 Å². The van der Waals surface area contributed by atoms with E-state index in [0.717, 1.165) is 16.7 Å². The smallest absolute Gasteiger partial charge is 0.334 e. The first kappa shape index (κ1) is 24.5. The number of β-lactam (4-membered cyclic amide) rings is 1. The molecule has 1 fully saturated rings. The fraction of sp³-hybridized carbons (Fsp3) is 0.172. The van der Waals surface area contributed by atoms with Crippen LogP contribution in [-0.2, 0) is 30.3 Å². The molecule has 8 heteroatoms. The van der Waals surface area contributed by atoms with E-state index in [2.05, 4.69) is 5.32 Å². The second-order valence-corrected chi connectivity index (χ2v) is 9.75. The number of aldehydes is 1. The maximum atomic E-state index is 13.5. The van der Waals surface area contributed by atoms with E-state index in [1.54, 1.807) is 5.41 Å². The third kappa shape index (κ3) is 5.06. The predicted octanol–water partition coefficient (Wildman–Crippen LogP) is 3.41. The van der Waals surface area contributed by atoms with Gasteiger partial charge in [0, 0.05) is 5.57 Å². The molecule has 1 saturated heterocycles. The summed E-state index contributed by atoms with van der Waals surface area (Å²) in [7, 11) is 0. The second-order valence-electron chi connectivity index (χ2n) is 8.76. The van der Waals surface area contributed by atoms with Gasteiger partial charge in [0.2, 0.25) is 11.8 Å². The van der Waals surface area contributed by atoms with Gasteiger partial charge >= 0.3 is 5.97 Å². The number of carbonyl (C=O) groups excluding carboxylic acids is 4. The first-order chi connectivity index (χ1) is 18.1. The minimum atomic E-state index is -1.19. The predicted molar refractivity (Wildman–Crippen MR) is 139 cm³/mol. The monoisotopic (exact) mass is 512 g/mol. The Morgan fingerprint density at radius 1 is 0.919 bits per heavy atom. The van der Waals surface area contributed by atoms with Crippen molar-refractivity contribution in [3.05, 3.63) is 119 Å². The zero-order chi connectivity index (χ0) is 25.8. The second kappa shape index (κ2) is 10.8. The van der Waals surface area contributed by atoms with Crippen LogP contribution in [0.4, 0.5) is 0 Å². The molecule has 3 aromatic carbocycles. The van der Waals surface area contributed by atoms with Crippen LogP contribution in [0.15, 0.2) is 102 Å². The normalized spacial score (nSPS) is 20.4. The number of rotatable bonds is 8. The van der Waals surface area contributed by atoms with Crippen molar-refractivity contribution in [2.45, 2.75) is 30.0 Å². The molecular formula is C29H24N2O5S. The lowest BCUT2D eigenvalue weighted by Crippen LogP contribution is -2.74. The molecule has 0 aromatic heterocycles. The van der Waals surface area contributed by atoms with E-state index >= 15 is 0 Å². The van der Waals surface area contributed by atoms with E-state index in [0.29, 0.717) is 6.29 Å². The summed E-state index contributed by atoms with van der Waals surface area (Å²) >= 11 is 1.23. The molecule has 1 N–H and O–H groups in total. The number of thioether (sulfide) groups is 1. The number of esters is 1. The van der Waals surface area contributed by atoms with E-state index in [-0.39, 0.29) is 17.9 Å². The van der Waals surface area contributed by atoms with Gasteiger partial charge in [-0.3, -0.25) is 14.4 Å². The van der Waals surface area contributed by atoms with Crippen LogP contribution >= 0.6 is 11.8 Å². The van der Waals surface area contributed by atoms with Gasteiger partial charge in [0.25, 0.3) is 0 Å². The Hall–Kier alpha value is -4.17. The summed E-state index contributed by atoms with van der Waals surface area (Å²) < 4.78 is 5.96. The fourth-order valence-electron chi connectivity index (χ4n) is 4.52. The minimum absolute atomic E-state index is 0.138. The number of amides is 2. The Labute approximate surface area is 218 Å². The van der Waals surface area contributed by atoms with E-state index < -0.39 is 35.4 Å². The third-order valence-corrected chi connectivity index (χ3v) is 7.53. The SMILES string of the molecule is O=CC1=CS[C@H]2[C@H](NC(=O)Cc3ccccc3)C(=O)N2C1C(=O)OC(c1ccccc1)c1ccccc1. The Morgan fingerprint density at radius 2 is 1.49 bits per heavy atom. The average Bonchev–Trinajstić information content (AvgIpc) is 2.95. The maximum Gasteiger partial charge on any atom is 0.334 e. The highest BCUT2D eigenvalue weighted by Gasteiger charge is 2.56. The van der Waals surface area contributed by atoms with Gasteiger partial charge in [-0.05, 0) is 22.1 Å². The van der Waals surface area contributed by atoms with E-state index in [1.807, 2.05) is 91.0 Å². The molecule has 2 aliphatic rings. The molecule has 2 aliphatic heterocycles. The quantitative estimate of drug-likeness (QED) is 0.283. The Kier molecular flexibility index (Phi) is 7.18. The molecule has 3 aromatic rings. The fourth-order valence-corrected chi connectivity index (χ4v) is 5.70. The third-order valence-electron chi connectivity index (χ3n) is 6.34. The van der Waals surface area contributed by atoms with E-state index in [1.165, 1.54) is 16.7 Å². The van der Waals surface area contributed by atoms with Crippen molar-refractivity contribution in [2.24, 2.45) is 0 Å². The lowest BCUT2D eigenvalue weighted by Gasteiger charge is -2.51. The largest absolute Gasteiger partial charge is 0.451 e. The van der Waals surface area contributed by atoms with Crippen LogP contribution in [0.25, 0.3) is 0 Å². The van der Waals surface area contributed by atoms with Crippen LogP contribution < -0.4 is 5.32 Å². The number of hydrogen-bond donors (Lipinski definition) is 1. The van der Waals surface area contributed by atoms with Gasteiger partial charge < -0.3 is 15.0 Å². The lowest BCUT2D eigenvalue weighted by molar-refractivity contribution is -0.165. The molecule has 0 radical (unpaired) electrons. The van der Waals surface area contributed by atoms with Crippen LogP contribution in [-0.4, -0.2) is 46.4 Å². The highest BCUT2D eigenvalue weighted by molar-refractivity contribution is 8.03. The number of nitrogens with zero attached hydrogens (tertiary/aromatic N) is 1. The van der Waals surface area contributed by atoms with Crippen LogP contribution in [0, 0.1) is 0 Å². The molecule has 0 bridgehead atoms. The van der Waals surface area contributed by atoms with Gasteiger partial charge in [-0.2, -0.15) is 0 Å². The summed E-state index contributed by atoms with van der Waals surface area (Å²) in [6.07, 6.45) is -0.00345. The number of nitrogens with one attached hydrogen (secondary N) is 1. The molecule has 186 valence electrons. The average molecular weight is 513 g/mol. The molecular weight excluding hydrogens is 488 g/mol. The molecule has 0 spiro atoms. The van der Waals surface area contributed by atoms with Crippen molar-refractivity contribution in [1.29, 1.82) is 0 Å². The van der Waals surface area contributed by atoms with Crippen molar-refractivity contribution in [3.8, 4) is 0 Å². The number of fused-ring (bicyclic) bond motifs is 1. The molecule has 3 atom stereocenters. The zero-order valence-electron chi connectivity index (χ0n) is 19.7. The summed E-state index contributed by atoms with van der Waals surface area (Å²) in [4.78, 5) is 52.4. The van der Waals surface area contributed by atoms with Crippen LogP contribution in [0.3, 0.4) is 0 Å². The summed E-state index contributed by atoms with van der Waals surface area (Å²) in [5.41, 5.74) is 2.51. The molecule has 0 aliphatic carbocycles. The Morgan fingerprint density at radius 3 is 2.05 bits per heavy atom. The number of ether oxygens (including phenoxy) is 1. The molecule has 7 nitrogen and oxygen atoms in total. The zero-order valence-corrected chi connectivity index (χ0v) is 20.5. The van der Waals surface area contributed by atoms with Crippen LogP contribution in [0.1, 0.15) is 22.8 Å². The van der Waals surface area contributed by atoms with Gasteiger partial charge in [0.1, 0.15) is 17.7 Å². The highest BCUT2D eigenvalue weighted by Crippen LogP contribution is 2.40. The lowest BCUT2D eigenvalue weighted by atomic mass is 9.97. The van der Waals surface area contributed by atoms with Gasteiger partial charge in [0.15, 0.2) is 12.1 Å². The Balaban J connectivity index is 1.34. The van der Waals surface area contributed by atoms with Crippen LogP contribution in [0.5, 0.6) is 0 Å². The summed E-state index contributed by atoms with van der Waals surface area (Å²) in [6, 6.07) is 25.8. The van der Waals surface area contributed by atoms with E-state index in [9.17, 15) is 19.2 Å². The number of benzene rings is 3. The number of carbonyl (C=O) groups is 4. The van der Waals surface area contributed by atoms with Crippen molar-refractivity contribution in [2.75, 3.05) is 0 Å². The number of hydrogen-bond acceptors (Lipinski definition) is 6. The molecule has 2 heterocycles. The summed E-state index contributed by atoms with van der Waals surface area (Å²) in [6.45, 7) is 0. The van der Waals surface area contributed by atoms with Gasteiger partial charge in [-0.15, -0.1) is 11.8 Å². The molecule has 1 unspecified atom stereocenters. The summed E-state index contributed by atoms with van der Waals surface area (Å²) in [5, 5.41) is 3.84. The van der Waals surface area contributed by atoms with Crippen LogP contribution in [0.2, 0.25) is 0 Å². The van der Waals surface area contributed by atoms with Crippen molar-refractivity contribution in [1.82, 2.24) is 10.2 Å². The van der Waals surface area contributed by atoms with Crippen molar-refractivity contribution >= 4 is 35.8 Å². The van der Waals surface area contributed by atoms with Gasteiger partial charge in [-0.1, -0.05) is 91.0 Å². The maximum absolute atomic E-state index is 13.5. The topological polar surface area (TPSA) is 92.8 Å². The Bertz CT molecular complexity index is 1290. The molecule has 0 saturated carbocycles. The summed E-state index contributed by atoms with van der Waals surface area (Å²) in [5.74, 6) is -1.42. The molecule has 5 rings (SSSR count). The van der Waals surface area contributed by atoms with Gasteiger partial charge in [0.05, 0.1) is 6.42 Å². The molecule has 2 amide bonds. The van der Waals surface area contributed by atoms with E-state index in [4.69, 9.17) is 4.74 Å².